The molecule has 1 aromatic rings. The minimum absolute atomic E-state index is 0.0784. The molecule has 0 N–H and O–H groups in total. The van der Waals surface area contributed by atoms with Gasteiger partial charge >= 0.3 is 17.9 Å². The van der Waals surface area contributed by atoms with Crippen molar-refractivity contribution in [2.75, 3.05) is 6.61 Å². The van der Waals surface area contributed by atoms with Crippen molar-refractivity contribution >= 4 is 24.2 Å². The van der Waals surface area contributed by atoms with Crippen molar-refractivity contribution in [3.05, 3.63) is 35.3 Å². The van der Waals surface area contributed by atoms with Gasteiger partial charge in [-0.3, -0.25) is 14.4 Å². The Balaban J connectivity index is 1.55. The topological polar surface area (TPSA) is 134 Å². The lowest BCUT2D eigenvalue weighted by molar-refractivity contribution is -0.165. The van der Waals surface area contributed by atoms with Crippen molar-refractivity contribution in [3.63, 3.8) is 0 Å². The molecule has 182 valence electrons. The van der Waals surface area contributed by atoms with Gasteiger partial charge in [0.15, 0.2) is 6.29 Å². The van der Waals surface area contributed by atoms with E-state index in [2.05, 4.69) is 6.58 Å². The number of esters is 3. The van der Waals surface area contributed by atoms with E-state index in [4.69, 9.17) is 28.1 Å². The minimum atomic E-state index is -1.41. The molecule has 3 fully saturated rings. The largest absolute Gasteiger partial charge is 0.462 e. The van der Waals surface area contributed by atoms with Crippen LogP contribution in [-0.4, -0.2) is 60.3 Å². The summed E-state index contributed by atoms with van der Waals surface area (Å²) < 4.78 is 34.2. The molecule has 4 bridgehead atoms. The smallest absolute Gasteiger partial charge is 0.345 e. The summed E-state index contributed by atoms with van der Waals surface area (Å²) in [5.74, 6) is -1.19. The first-order valence-electron chi connectivity index (χ1n) is 11.2. The molecule has 10 heteroatoms. The summed E-state index contributed by atoms with van der Waals surface area (Å²) in [6, 6.07) is 1.65. The molecular weight excluding hydrogens is 448 g/mol. The van der Waals surface area contributed by atoms with E-state index in [1.54, 1.807) is 6.07 Å². The SMILES string of the molecule is C=C(COC(C)=O)[C@H]1Cc2oc(cc2C=O)[C@@H]2O[C@]2(C)C[C@@H]2OC(=O)[C@@]3(O[C@@H]23)[C@H](OC(C)=O)C1. The molecule has 4 aliphatic rings. The number of rotatable bonds is 5. The summed E-state index contributed by atoms with van der Waals surface area (Å²) >= 11 is 0. The Hall–Kier alpha value is -2.98. The van der Waals surface area contributed by atoms with E-state index < -0.39 is 59.4 Å². The molecule has 34 heavy (non-hydrogen) atoms. The Morgan fingerprint density at radius 2 is 2.03 bits per heavy atom. The molecule has 3 saturated heterocycles. The van der Waals surface area contributed by atoms with Gasteiger partial charge in [-0.05, 0) is 30.9 Å². The van der Waals surface area contributed by atoms with Gasteiger partial charge in [-0.25, -0.2) is 4.79 Å². The fraction of sp³-hybridized carbons (Fsp3) is 0.583. The van der Waals surface area contributed by atoms with Gasteiger partial charge in [0.25, 0.3) is 0 Å². The van der Waals surface area contributed by atoms with Crippen LogP contribution >= 0.6 is 0 Å². The summed E-state index contributed by atoms with van der Waals surface area (Å²) in [4.78, 5) is 48.1. The predicted octanol–water partition coefficient (Wildman–Crippen LogP) is 1.99. The van der Waals surface area contributed by atoms with Gasteiger partial charge in [0.2, 0.25) is 5.60 Å². The summed E-state index contributed by atoms with van der Waals surface area (Å²) in [6.45, 7) is 8.39. The van der Waals surface area contributed by atoms with E-state index in [1.165, 1.54) is 13.8 Å². The number of carbonyl (C=O) groups is 4. The quantitative estimate of drug-likeness (QED) is 0.205. The second-order valence-corrected chi connectivity index (χ2v) is 9.61. The summed E-state index contributed by atoms with van der Waals surface area (Å²) in [6.07, 6.45) is -1.13. The van der Waals surface area contributed by atoms with Crippen molar-refractivity contribution in [1.29, 1.82) is 0 Å². The Morgan fingerprint density at radius 1 is 1.26 bits per heavy atom. The molecule has 0 radical (unpaired) electrons. The average molecular weight is 474 g/mol. The molecule has 7 atom stereocenters. The molecule has 0 amide bonds. The van der Waals surface area contributed by atoms with Crippen LogP contribution in [0.5, 0.6) is 0 Å². The summed E-state index contributed by atoms with van der Waals surface area (Å²) in [5, 5.41) is 0. The molecule has 0 unspecified atom stereocenters. The van der Waals surface area contributed by atoms with E-state index in [0.717, 1.165) is 0 Å². The van der Waals surface area contributed by atoms with Crippen molar-refractivity contribution in [2.45, 2.75) is 75.7 Å². The lowest BCUT2D eigenvalue weighted by atomic mass is 9.83. The predicted molar refractivity (Wildman–Crippen MR) is 112 cm³/mol. The van der Waals surface area contributed by atoms with Gasteiger partial charge < -0.3 is 28.1 Å². The van der Waals surface area contributed by atoms with Crippen LogP contribution < -0.4 is 0 Å². The second kappa shape index (κ2) is 7.78. The van der Waals surface area contributed by atoms with E-state index in [1.807, 2.05) is 6.92 Å². The number of furan rings is 1. The number of ether oxygens (including phenoxy) is 5. The average Bonchev–Trinajstić information content (AvgIpc) is 3.59. The first-order chi connectivity index (χ1) is 16.1. The first-order valence-corrected chi connectivity index (χ1v) is 11.2. The monoisotopic (exact) mass is 474 g/mol. The Labute approximate surface area is 195 Å². The molecule has 5 heterocycles. The zero-order valence-corrected chi connectivity index (χ0v) is 19.2. The van der Waals surface area contributed by atoms with Gasteiger partial charge in [0.05, 0.1) is 5.56 Å². The van der Waals surface area contributed by atoms with Crippen LogP contribution in [0, 0.1) is 5.92 Å². The third-order valence-electron chi connectivity index (χ3n) is 7.09. The maximum Gasteiger partial charge on any atom is 0.345 e. The highest BCUT2D eigenvalue weighted by Gasteiger charge is 2.79. The van der Waals surface area contributed by atoms with Crippen LogP contribution in [0.15, 0.2) is 22.6 Å². The van der Waals surface area contributed by atoms with Crippen LogP contribution in [0.4, 0.5) is 0 Å². The Bertz CT molecular complexity index is 1090. The van der Waals surface area contributed by atoms with Crippen LogP contribution in [-0.2, 0) is 44.5 Å². The maximum atomic E-state index is 13.0. The van der Waals surface area contributed by atoms with E-state index >= 15 is 0 Å². The van der Waals surface area contributed by atoms with Crippen LogP contribution in [0.25, 0.3) is 0 Å². The molecule has 1 aromatic heterocycles. The standard InChI is InChI=1S/C24H26O10/c1-11(10-29-12(2)26)14-5-16-15(9-25)6-17(31-16)20-23(4,33-20)8-18-21-24(34-21,22(28)32-18)19(7-14)30-13(3)27/h6,9,14,18-21H,1,5,7-8,10H2,2-4H3/t14-,18-,19+,20-,21-,23+,24+/m0/s1. The normalized spacial score (nSPS) is 37.5. The van der Waals surface area contributed by atoms with E-state index in [9.17, 15) is 19.2 Å². The third kappa shape index (κ3) is 3.65. The van der Waals surface area contributed by atoms with Gasteiger partial charge in [-0.2, -0.15) is 0 Å². The molecule has 4 aliphatic heterocycles. The van der Waals surface area contributed by atoms with Gasteiger partial charge in [-0.15, -0.1) is 0 Å². The summed E-state index contributed by atoms with van der Waals surface area (Å²) in [7, 11) is 0. The van der Waals surface area contributed by atoms with Crippen molar-refractivity contribution in [2.24, 2.45) is 5.92 Å². The number of aldehydes is 1. The van der Waals surface area contributed by atoms with Crippen molar-refractivity contribution in [3.8, 4) is 0 Å². The zero-order chi connectivity index (χ0) is 24.4. The highest BCUT2D eigenvalue weighted by atomic mass is 16.7. The first kappa shape index (κ1) is 22.8. The number of carbonyl (C=O) groups excluding carboxylic acids is 4. The van der Waals surface area contributed by atoms with Gasteiger partial charge in [0.1, 0.15) is 48.1 Å². The van der Waals surface area contributed by atoms with Crippen molar-refractivity contribution in [1.82, 2.24) is 0 Å². The van der Waals surface area contributed by atoms with Crippen molar-refractivity contribution < 1.29 is 47.3 Å². The fourth-order valence-corrected chi connectivity index (χ4v) is 5.22. The molecule has 0 aromatic carbocycles. The molecule has 0 spiro atoms. The molecule has 5 rings (SSSR count). The van der Waals surface area contributed by atoms with E-state index in [0.29, 0.717) is 35.4 Å². The minimum Gasteiger partial charge on any atom is -0.462 e. The molecule has 0 saturated carbocycles. The van der Waals surface area contributed by atoms with Crippen LogP contribution in [0.1, 0.15) is 61.6 Å². The van der Waals surface area contributed by atoms with Crippen LogP contribution in [0.3, 0.4) is 0 Å². The highest BCUT2D eigenvalue weighted by molar-refractivity contribution is 5.88. The Morgan fingerprint density at radius 3 is 2.68 bits per heavy atom. The lowest BCUT2D eigenvalue weighted by Gasteiger charge is -2.26. The van der Waals surface area contributed by atoms with Gasteiger partial charge in [-0.1, -0.05) is 6.58 Å². The summed E-state index contributed by atoms with van der Waals surface area (Å²) in [5.41, 5.74) is -1.19. The van der Waals surface area contributed by atoms with Crippen LogP contribution in [0.2, 0.25) is 0 Å². The zero-order valence-electron chi connectivity index (χ0n) is 19.2. The second-order valence-electron chi connectivity index (χ2n) is 9.61. The van der Waals surface area contributed by atoms with Gasteiger partial charge in [0, 0.05) is 26.7 Å². The number of hydrogen-bond acceptors (Lipinski definition) is 10. The fourth-order valence-electron chi connectivity index (χ4n) is 5.22. The molecule has 10 nitrogen and oxygen atoms in total. The number of epoxide rings is 2. The molecular formula is C24H26O10. The van der Waals surface area contributed by atoms with E-state index in [-0.39, 0.29) is 19.4 Å². The third-order valence-corrected chi connectivity index (χ3v) is 7.09. The number of fused-ring (bicyclic) bond motifs is 4. The lowest BCUT2D eigenvalue weighted by Crippen LogP contribution is -2.42. The highest BCUT2D eigenvalue weighted by Crippen LogP contribution is 2.59. The molecule has 0 aliphatic carbocycles. The maximum absolute atomic E-state index is 13.0. The Kier molecular flexibility index (Phi) is 5.21. The number of hydrogen-bond donors (Lipinski definition) is 0.